The Morgan fingerprint density at radius 1 is 1.27 bits per heavy atom. The third kappa shape index (κ3) is 2.88. The zero-order chi connectivity index (χ0) is 15.5. The first kappa shape index (κ1) is 14.4. The Balaban J connectivity index is 1.78. The molecule has 1 atom stereocenters. The number of hydrogen-bond donors (Lipinski definition) is 1. The first-order valence-electron chi connectivity index (χ1n) is 7.47. The molecule has 3 aromatic rings. The summed E-state index contributed by atoms with van der Waals surface area (Å²) in [6.07, 6.45) is 4.64. The Bertz CT molecular complexity index is 745. The van der Waals surface area contributed by atoms with Crippen LogP contribution in [0.1, 0.15) is 31.5 Å². The normalized spacial score (nSPS) is 12.3. The van der Waals surface area contributed by atoms with E-state index >= 15 is 0 Å². The molecule has 0 radical (unpaired) electrons. The molecule has 1 unspecified atom stereocenters. The van der Waals surface area contributed by atoms with Gasteiger partial charge in [0.1, 0.15) is 6.04 Å². The van der Waals surface area contributed by atoms with Gasteiger partial charge in [0.2, 0.25) is 5.89 Å². The second-order valence-corrected chi connectivity index (χ2v) is 5.31. The van der Waals surface area contributed by atoms with Crippen molar-refractivity contribution in [3.05, 3.63) is 54.3 Å². The fraction of sp³-hybridized carbons (Fsp3) is 0.294. The van der Waals surface area contributed by atoms with Crippen molar-refractivity contribution in [2.24, 2.45) is 7.05 Å². The van der Waals surface area contributed by atoms with Gasteiger partial charge in [-0.25, -0.2) is 4.98 Å². The zero-order valence-electron chi connectivity index (χ0n) is 13.1. The summed E-state index contributed by atoms with van der Waals surface area (Å²) in [7, 11) is 1.92. The van der Waals surface area contributed by atoms with Gasteiger partial charge in [-0.2, -0.15) is 5.10 Å². The Labute approximate surface area is 130 Å². The van der Waals surface area contributed by atoms with Gasteiger partial charge in [0.15, 0.2) is 5.76 Å². The van der Waals surface area contributed by atoms with E-state index in [1.54, 1.807) is 6.20 Å². The summed E-state index contributed by atoms with van der Waals surface area (Å²) < 4.78 is 7.70. The third-order valence-corrected chi connectivity index (χ3v) is 3.56. The molecule has 0 amide bonds. The first-order chi connectivity index (χ1) is 10.7. The minimum Gasteiger partial charge on any atom is -0.438 e. The maximum atomic E-state index is 5.88. The molecule has 2 aromatic heterocycles. The zero-order valence-corrected chi connectivity index (χ0v) is 13.1. The fourth-order valence-corrected chi connectivity index (χ4v) is 2.43. The van der Waals surface area contributed by atoms with Gasteiger partial charge >= 0.3 is 0 Å². The lowest BCUT2D eigenvalue weighted by atomic mass is 10.2. The van der Waals surface area contributed by atoms with Crippen LogP contribution in [0, 0.1) is 0 Å². The number of rotatable bonds is 5. The Hall–Kier alpha value is -2.56. The first-order valence-corrected chi connectivity index (χ1v) is 7.47. The number of aromatic nitrogens is 3. The highest BCUT2D eigenvalue weighted by Gasteiger charge is 2.15. The molecule has 2 heterocycles. The number of anilines is 1. The van der Waals surface area contributed by atoms with Crippen LogP contribution in [0.3, 0.4) is 0 Å². The van der Waals surface area contributed by atoms with Gasteiger partial charge in [0, 0.05) is 18.8 Å². The molecule has 1 N–H and O–H groups in total. The molecule has 0 aliphatic rings. The summed E-state index contributed by atoms with van der Waals surface area (Å²) in [6.45, 7) is 4.13. The summed E-state index contributed by atoms with van der Waals surface area (Å²) in [6, 6.07) is 9.97. The van der Waals surface area contributed by atoms with Gasteiger partial charge in [-0.15, -0.1) is 0 Å². The molecule has 5 heteroatoms. The average Bonchev–Trinajstić information content (AvgIpc) is 3.15. The van der Waals surface area contributed by atoms with Crippen molar-refractivity contribution in [1.82, 2.24) is 14.8 Å². The number of oxazole rings is 1. The van der Waals surface area contributed by atoms with E-state index in [2.05, 4.69) is 22.3 Å². The maximum Gasteiger partial charge on any atom is 0.217 e. The van der Waals surface area contributed by atoms with Crippen molar-refractivity contribution >= 4 is 5.69 Å². The van der Waals surface area contributed by atoms with Gasteiger partial charge < -0.3 is 9.73 Å². The topological polar surface area (TPSA) is 55.9 Å². The molecule has 3 rings (SSSR count). The van der Waals surface area contributed by atoms with Crippen LogP contribution >= 0.6 is 0 Å². The summed E-state index contributed by atoms with van der Waals surface area (Å²) >= 11 is 0. The van der Waals surface area contributed by atoms with Gasteiger partial charge in [-0.05, 0) is 13.3 Å². The molecule has 5 nitrogen and oxygen atoms in total. The van der Waals surface area contributed by atoms with Crippen LogP contribution in [0.25, 0.3) is 11.3 Å². The van der Waals surface area contributed by atoms with Crippen LogP contribution in [0.15, 0.2) is 47.1 Å². The van der Waals surface area contributed by atoms with Crippen LogP contribution < -0.4 is 5.32 Å². The monoisotopic (exact) mass is 296 g/mol. The Morgan fingerprint density at radius 2 is 2.05 bits per heavy atom. The second kappa shape index (κ2) is 6.05. The largest absolute Gasteiger partial charge is 0.438 e. The van der Waals surface area contributed by atoms with E-state index in [-0.39, 0.29) is 6.04 Å². The highest BCUT2D eigenvalue weighted by molar-refractivity contribution is 5.56. The number of aryl methyl sites for hydroxylation is 2. The van der Waals surface area contributed by atoms with Gasteiger partial charge in [0.25, 0.3) is 0 Å². The molecule has 0 fully saturated rings. The number of benzene rings is 1. The van der Waals surface area contributed by atoms with E-state index < -0.39 is 0 Å². The van der Waals surface area contributed by atoms with Crippen molar-refractivity contribution in [3.8, 4) is 11.3 Å². The van der Waals surface area contributed by atoms with Crippen LogP contribution in [-0.2, 0) is 13.5 Å². The quantitative estimate of drug-likeness (QED) is 0.778. The summed E-state index contributed by atoms with van der Waals surface area (Å²) in [4.78, 5) is 4.39. The van der Waals surface area contributed by atoms with Crippen molar-refractivity contribution in [3.63, 3.8) is 0 Å². The maximum absolute atomic E-state index is 5.88. The molecule has 0 spiro atoms. The number of hydrogen-bond acceptors (Lipinski definition) is 4. The number of nitrogens with one attached hydrogen (secondary N) is 1. The van der Waals surface area contributed by atoms with Crippen molar-refractivity contribution in [2.45, 2.75) is 26.3 Å². The van der Waals surface area contributed by atoms with E-state index in [9.17, 15) is 0 Å². The molecule has 0 saturated carbocycles. The smallest absolute Gasteiger partial charge is 0.217 e. The predicted molar refractivity (Wildman–Crippen MR) is 86.6 cm³/mol. The van der Waals surface area contributed by atoms with E-state index in [0.717, 1.165) is 29.1 Å². The van der Waals surface area contributed by atoms with Gasteiger partial charge in [-0.1, -0.05) is 37.3 Å². The van der Waals surface area contributed by atoms with Crippen molar-refractivity contribution < 1.29 is 4.42 Å². The average molecular weight is 296 g/mol. The molecule has 0 saturated heterocycles. The van der Waals surface area contributed by atoms with E-state index in [0.29, 0.717) is 5.89 Å². The predicted octanol–water partition coefficient (Wildman–Crippen LogP) is 3.81. The van der Waals surface area contributed by atoms with E-state index in [1.165, 1.54) is 0 Å². The molecule has 1 aromatic carbocycles. The third-order valence-electron chi connectivity index (χ3n) is 3.56. The highest BCUT2D eigenvalue weighted by atomic mass is 16.4. The molecular weight excluding hydrogens is 276 g/mol. The highest BCUT2D eigenvalue weighted by Crippen LogP contribution is 2.25. The molecule has 22 heavy (non-hydrogen) atoms. The van der Waals surface area contributed by atoms with Crippen LogP contribution in [0.4, 0.5) is 5.69 Å². The van der Waals surface area contributed by atoms with Crippen LogP contribution in [-0.4, -0.2) is 14.8 Å². The second-order valence-electron chi connectivity index (χ2n) is 5.31. The van der Waals surface area contributed by atoms with Crippen LogP contribution in [0.2, 0.25) is 0 Å². The standard InChI is InChI=1S/C17H20N4O/c1-4-14-15(11-21(3)20-14)19-12(2)17-18-10-16(22-17)13-8-6-5-7-9-13/h5-12,19H,4H2,1-3H3. The number of nitrogens with zero attached hydrogens (tertiary/aromatic N) is 3. The van der Waals surface area contributed by atoms with Crippen molar-refractivity contribution in [1.29, 1.82) is 0 Å². The summed E-state index contributed by atoms with van der Waals surface area (Å²) in [5.74, 6) is 1.45. The Morgan fingerprint density at radius 3 is 2.77 bits per heavy atom. The molecule has 114 valence electrons. The molecular formula is C17H20N4O. The van der Waals surface area contributed by atoms with Crippen molar-refractivity contribution in [2.75, 3.05) is 5.32 Å². The lowest BCUT2D eigenvalue weighted by Crippen LogP contribution is -2.07. The lowest BCUT2D eigenvalue weighted by molar-refractivity contribution is 0.485. The SMILES string of the molecule is CCc1nn(C)cc1NC(C)c1ncc(-c2ccccc2)o1. The minimum absolute atomic E-state index is 0.0213. The lowest BCUT2D eigenvalue weighted by Gasteiger charge is -2.11. The molecule has 0 aliphatic carbocycles. The van der Waals surface area contributed by atoms with Gasteiger partial charge in [-0.3, -0.25) is 4.68 Å². The minimum atomic E-state index is -0.0213. The molecule has 0 bridgehead atoms. The Kier molecular flexibility index (Phi) is 3.96. The fourth-order valence-electron chi connectivity index (χ4n) is 2.43. The van der Waals surface area contributed by atoms with Gasteiger partial charge in [0.05, 0.1) is 17.6 Å². The summed E-state index contributed by atoms with van der Waals surface area (Å²) in [5, 5.41) is 7.86. The summed E-state index contributed by atoms with van der Waals surface area (Å²) in [5.41, 5.74) is 3.10. The van der Waals surface area contributed by atoms with E-state index in [4.69, 9.17) is 4.42 Å². The van der Waals surface area contributed by atoms with Crippen LogP contribution in [0.5, 0.6) is 0 Å². The van der Waals surface area contributed by atoms with E-state index in [1.807, 2.05) is 55.2 Å². The molecule has 0 aliphatic heterocycles.